The predicted octanol–water partition coefficient (Wildman–Crippen LogP) is 1.66. The molecule has 4 nitrogen and oxygen atoms in total. The first kappa shape index (κ1) is 13.8. The van der Waals surface area contributed by atoms with E-state index >= 15 is 0 Å². The van der Waals surface area contributed by atoms with Gasteiger partial charge < -0.3 is 4.74 Å². The Labute approximate surface area is 90.0 Å². The first-order valence-electron chi connectivity index (χ1n) is 5.34. The van der Waals surface area contributed by atoms with Crippen LogP contribution in [0.3, 0.4) is 0 Å². The molecule has 4 heteroatoms. The fraction of sp³-hybridized carbons (Fsp3) is 0.727. The van der Waals surface area contributed by atoms with Crippen LogP contribution in [0.2, 0.25) is 0 Å². The highest BCUT2D eigenvalue weighted by Gasteiger charge is 2.05. The van der Waals surface area contributed by atoms with Crippen molar-refractivity contribution in [3.63, 3.8) is 0 Å². The van der Waals surface area contributed by atoms with E-state index in [2.05, 4.69) is 11.7 Å². The first-order chi connectivity index (χ1) is 7.20. The zero-order valence-electron chi connectivity index (χ0n) is 9.16. The topological polar surface area (TPSA) is 60.4 Å². The second kappa shape index (κ2) is 9.37. The molecule has 0 saturated carbocycles. The molecule has 0 amide bonds. The minimum absolute atomic E-state index is 0.161. The number of aldehydes is 1. The van der Waals surface area contributed by atoms with Crippen molar-refractivity contribution in [2.45, 2.75) is 45.4 Å². The van der Waals surface area contributed by atoms with Crippen molar-refractivity contribution in [1.29, 1.82) is 0 Å². The third kappa shape index (κ3) is 9.12. The standard InChI is InChI=1S/C11H18O4/c1-2-3-4-5-6-7-11(14)15-9-10(13)8-12/h8H,2-7,9H2,1H3. The molecule has 0 aliphatic rings. The lowest BCUT2D eigenvalue weighted by Gasteiger charge is -2.01. The van der Waals surface area contributed by atoms with Gasteiger partial charge in [-0.05, 0) is 6.42 Å². The van der Waals surface area contributed by atoms with E-state index < -0.39 is 18.4 Å². The molecule has 15 heavy (non-hydrogen) atoms. The normalized spacial score (nSPS) is 9.67. The summed E-state index contributed by atoms with van der Waals surface area (Å²) < 4.78 is 4.58. The Morgan fingerprint density at radius 3 is 2.40 bits per heavy atom. The zero-order valence-corrected chi connectivity index (χ0v) is 9.16. The van der Waals surface area contributed by atoms with Gasteiger partial charge >= 0.3 is 5.97 Å². The Hall–Kier alpha value is -1.19. The lowest BCUT2D eigenvalue weighted by molar-refractivity contribution is -0.148. The largest absolute Gasteiger partial charge is 0.457 e. The average molecular weight is 214 g/mol. The number of Topliss-reactive ketones (excluding diaryl/α,β-unsaturated/α-hetero) is 1. The van der Waals surface area contributed by atoms with Crippen molar-refractivity contribution >= 4 is 18.0 Å². The van der Waals surface area contributed by atoms with Crippen LogP contribution in [0.5, 0.6) is 0 Å². The zero-order chi connectivity index (χ0) is 11.5. The summed E-state index contributed by atoms with van der Waals surface area (Å²) in [5, 5.41) is 0. The van der Waals surface area contributed by atoms with E-state index in [-0.39, 0.29) is 6.29 Å². The van der Waals surface area contributed by atoms with Gasteiger partial charge in [0.25, 0.3) is 0 Å². The van der Waals surface area contributed by atoms with Gasteiger partial charge in [0.1, 0.15) is 0 Å². The highest BCUT2D eigenvalue weighted by atomic mass is 16.5. The monoisotopic (exact) mass is 214 g/mol. The molecular weight excluding hydrogens is 196 g/mol. The molecule has 0 bridgehead atoms. The van der Waals surface area contributed by atoms with Crippen LogP contribution in [0, 0.1) is 0 Å². The summed E-state index contributed by atoms with van der Waals surface area (Å²) >= 11 is 0. The molecule has 0 saturated heterocycles. The number of unbranched alkanes of at least 4 members (excludes halogenated alkanes) is 4. The maximum Gasteiger partial charge on any atom is 0.306 e. The second-order valence-electron chi connectivity index (χ2n) is 3.41. The van der Waals surface area contributed by atoms with Gasteiger partial charge in [0, 0.05) is 6.42 Å². The van der Waals surface area contributed by atoms with E-state index in [0.29, 0.717) is 6.42 Å². The van der Waals surface area contributed by atoms with E-state index in [4.69, 9.17) is 0 Å². The van der Waals surface area contributed by atoms with E-state index in [1.807, 2.05) is 0 Å². The van der Waals surface area contributed by atoms with Crippen LogP contribution in [0.1, 0.15) is 45.4 Å². The van der Waals surface area contributed by atoms with Crippen molar-refractivity contribution in [2.24, 2.45) is 0 Å². The van der Waals surface area contributed by atoms with Crippen LogP contribution in [-0.2, 0) is 19.1 Å². The number of carbonyl (C=O) groups excluding carboxylic acids is 3. The van der Waals surface area contributed by atoms with E-state index in [1.54, 1.807) is 0 Å². The molecule has 0 aromatic carbocycles. The van der Waals surface area contributed by atoms with Gasteiger partial charge in [-0.1, -0.05) is 32.6 Å². The Morgan fingerprint density at radius 1 is 1.13 bits per heavy atom. The van der Waals surface area contributed by atoms with E-state index in [1.165, 1.54) is 6.42 Å². The Bertz CT molecular complexity index is 211. The number of hydrogen-bond donors (Lipinski definition) is 0. The summed E-state index contributed by atoms with van der Waals surface area (Å²) in [6.07, 6.45) is 5.75. The Balaban J connectivity index is 3.33. The summed E-state index contributed by atoms with van der Waals surface area (Å²) in [6.45, 7) is 1.70. The van der Waals surface area contributed by atoms with Crippen LogP contribution in [0.15, 0.2) is 0 Å². The lowest BCUT2D eigenvalue weighted by Crippen LogP contribution is -2.14. The van der Waals surface area contributed by atoms with Gasteiger partial charge in [-0.15, -0.1) is 0 Å². The van der Waals surface area contributed by atoms with Gasteiger partial charge in [0.05, 0.1) is 0 Å². The maximum atomic E-state index is 11.0. The van der Waals surface area contributed by atoms with Crippen LogP contribution in [0.25, 0.3) is 0 Å². The van der Waals surface area contributed by atoms with Gasteiger partial charge in [-0.2, -0.15) is 0 Å². The van der Waals surface area contributed by atoms with Crippen molar-refractivity contribution < 1.29 is 19.1 Å². The quantitative estimate of drug-likeness (QED) is 0.253. The molecule has 0 aliphatic heterocycles. The first-order valence-corrected chi connectivity index (χ1v) is 5.34. The van der Waals surface area contributed by atoms with E-state index in [0.717, 1.165) is 25.7 Å². The average Bonchev–Trinajstić information content (AvgIpc) is 2.25. The highest BCUT2D eigenvalue weighted by Crippen LogP contribution is 2.05. The van der Waals surface area contributed by atoms with Crippen molar-refractivity contribution in [1.82, 2.24) is 0 Å². The number of ketones is 1. The third-order valence-electron chi connectivity index (χ3n) is 1.99. The Kier molecular flexibility index (Phi) is 8.63. The molecule has 0 rings (SSSR count). The number of hydrogen-bond acceptors (Lipinski definition) is 4. The molecule has 0 spiro atoms. The molecule has 0 N–H and O–H groups in total. The summed E-state index contributed by atoms with van der Waals surface area (Å²) in [5.74, 6) is -1.10. The van der Waals surface area contributed by atoms with Crippen LogP contribution < -0.4 is 0 Å². The van der Waals surface area contributed by atoms with Crippen LogP contribution in [0.4, 0.5) is 0 Å². The molecule has 0 atom stereocenters. The van der Waals surface area contributed by atoms with Gasteiger partial charge in [0.2, 0.25) is 5.78 Å². The van der Waals surface area contributed by atoms with Crippen LogP contribution >= 0.6 is 0 Å². The highest BCUT2D eigenvalue weighted by molar-refractivity contribution is 6.25. The number of rotatable bonds is 9. The van der Waals surface area contributed by atoms with E-state index in [9.17, 15) is 14.4 Å². The minimum atomic E-state index is -0.700. The predicted molar refractivity (Wildman–Crippen MR) is 55.4 cm³/mol. The Morgan fingerprint density at radius 2 is 1.80 bits per heavy atom. The molecule has 86 valence electrons. The van der Waals surface area contributed by atoms with Gasteiger partial charge in [-0.3, -0.25) is 14.4 Å². The van der Waals surface area contributed by atoms with Gasteiger partial charge in [0.15, 0.2) is 12.9 Å². The summed E-state index contributed by atoms with van der Waals surface area (Å²) in [5.41, 5.74) is 0. The molecule has 0 aromatic rings. The van der Waals surface area contributed by atoms with Crippen molar-refractivity contribution in [3.05, 3.63) is 0 Å². The second-order valence-corrected chi connectivity index (χ2v) is 3.41. The SMILES string of the molecule is CCCCCCCC(=O)OCC(=O)C=O. The molecule has 0 aliphatic carbocycles. The molecular formula is C11H18O4. The summed E-state index contributed by atoms with van der Waals surface area (Å²) in [4.78, 5) is 31.4. The fourth-order valence-corrected chi connectivity index (χ4v) is 1.13. The number of esters is 1. The molecule has 0 aromatic heterocycles. The molecule has 0 radical (unpaired) electrons. The molecule has 0 unspecified atom stereocenters. The summed E-state index contributed by atoms with van der Waals surface area (Å²) in [7, 11) is 0. The van der Waals surface area contributed by atoms with Crippen molar-refractivity contribution in [3.8, 4) is 0 Å². The summed E-state index contributed by atoms with van der Waals surface area (Å²) in [6, 6.07) is 0. The fourth-order valence-electron chi connectivity index (χ4n) is 1.13. The maximum absolute atomic E-state index is 11.0. The van der Waals surface area contributed by atoms with Crippen LogP contribution in [-0.4, -0.2) is 24.6 Å². The molecule has 0 heterocycles. The number of ether oxygens (including phenoxy) is 1. The van der Waals surface area contributed by atoms with Gasteiger partial charge in [-0.25, -0.2) is 0 Å². The smallest absolute Gasteiger partial charge is 0.306 e. The lowest BCUT2D eigenvalue weighted by atomic mass is 10.1. The third-order valence-corrected chi connectivity index (χ3v) is 1.99. The number of carbonyl (C=O) groups is 3. The van der Waals surface area contributed by atoms with Crippen molar-refractivity contribution in [2.75, 3.05) is 6.61 Å². The minimum Gasteiger partial charge on any atom is -0.457 e. The molecule has 0 fully saturated rings.